The Bertz CT molecular complexity index is 671. The highest BCUT2D eigenvalue weighted by molar-refractivity contribution is 7.99. The van der Waals surface area contributed by atoms with Gasteiger partial charge in [-0.25, -0.2) is 0 Å². The van der Waals surface area contributed by atoms with Gasteiger partial charge in [0.25, 0.3) is 0 Å². The Kier molecular flexibility index (Phi) is 8.59. The van der Waals surface area contributed by atoms with Crippen LogP contribution < -0.4 is 10.1 Å². The highest BCUT2D eigenvalue weighted by atomic mass is 35.5. The van der Waals surface area contributed by atoms with Gasteiger partial charge >= 0.3 is 0 Å². The summed E-state index contributed by atoms with van der Waals surface area (Å²) in [5, 5.41) is 3.31. The molecule has 0 saturated heterocycles. The zero-order valence-electron chi connectivity index (χ0n) is 14.0. The van der Waals surface area contributed by atoms with Crippen LogP contribution in [0.15, 0.2) is 42.7 Å². The van der Waals surface area contributed by atoms with E-state index in [1.165, 1.54) is 11.8 Å². The summed E-state index contributed by atoms with van der Waals surface area (Å²) in [5.41, 5.74) is 1.65. The number of benzene rings is 1. The zero-order chi connectivity index (χ0) is 17.9. The van der Waals surface area contributed by atoms with Crippen molar-refractivity contribution >= 4 is 35.0 Å². The summed E-state index contributed by atoms with van der Waals surface area (Å²) >= 11 is 7.70. The van der Waals surface area contributed by atoms with Gasteiger partial charge in [0, 0.05) is 24.8 Å². The van der Waals surface area contributed by atoms with E-state index in [9.17, 15) is 4.79 Å². The van der Waals surface area contributed by atoms with E-state index in [0.29, 0.717) is 42.0 Å². The molecule has 0 saturated carbocycles. The molecule has 7 heteroatoms. The minimum Gasteiger partial charge on any atom is -0.487 e. The number of carbonyl (C=O) groups excluding carboxylic acids is 1. The molecule has 0 aliphatic carbocycles. The van der Waals surface area contributed by atoms with E-state index in [0.717, 1.165) is 11.3 Å². The fourth-order valence-electron chi connectivity index (χ4n) is 2.03. The van der Waals surface area contributed by atoms with Gasteiger partial charge in [0.15, 0.2) is 5.75 Å². The van der Waals surface area contributed by atoms with Crippen molar-refractivity contribution in [3.63, 3.8) is 0 Å². The van der Waals surface area contributed by atoms with Gasteiger partial charge in [-0.3, -0.25) is 9.78 Å². The molecule has 134 valence electrons. The first-order valence-corrected chi connectivity index (χ1v) is 9.49. The van der Waals surface area contributed by atoms with E-state index in [1.54, 1.807) is 30.6 Å². The van der Waals surface area contributed by atoms with Crippen LogP contribution in [0.2, 0.25) is 5.02 Å². The molecular formula is C18H21ClN2O3S. The largest absolute Gasteiger partial charge is 0.487 e. The van der Waals surface area contributed by atoms with Crippen LogP contribution in [0, 0.1) is 0 Å². The Morgan fingerprint density at radius 2 is 2.16 bits per heavy atom. The van der Waals surface area contributed by atoms with Crippen molar-refractivity contribution in [2.45, 2.75) is 12.7 Å². The lowest BCUT2D eigenvalue weighted by molar-refractivity contribution is -0.113. The van der Waals surface area contributed by atoms with Crippen molar-refractivity contribution in [3.05, 3.63) is 53.3 Å². The molecule has 1 N–H and O–H groups in total. The van der Waals surface area contributed by atoms with Gasteiger partial charge in [-0.1, -0.05) is 23.7 Å². The van der Waals surface area contributed by atoms with Crippen LogP contribution in [0.25, 0.3) is 0 Å². The number of pyridine rings is 1. The van der Waals surface area contributed by atoms with Gasteiger partial charge in [-0.2, -0.15) is 0 Å². The van der Waals surface area contributed by atoms with E-state index in [1.807, 2.05) is 19.1 Å². The lowest BCUT2D eigenvalue weighted by Gasteiger charge is -2.14. The number of para-hydroxylation sites is 1. The molecule has 0 fully saturated rings. The predicted octanol–water partition coefficient (Wildman–Crippen LogP) is 4.02. The van der Waals surface area contributed by atoms with Crippen molar-refractivity contribution in [3.8, 4) is 5.75 Å². The van der Waals surface area contributed by atoms with E-state index in [4.69, 9.17) is 21.1 Å². The van der Waals surface area contributed by atoms with Crippen LogP contribution in [0.4, 0.5) is 5.69 Å². The molecule has 0 bridgehead atoms. The molecule has 0 atom stereocenters. The fraction of sp³-hybridized carbons (Fsp3) is 0.333. The topological polar surface area (TPSA) is 60.5 Å². The van der Waals surface area contributed by atoms with Crippen LogP contribution in [-0.2, 0) is 15.3 Å². The number of aromatic nitrogens is 1. The molecule has 0 aliphatic rings. The number of nitrogens with one attached hydrogen (secondary N) is 1. The summed E-state index contributed by atoms with van der Waals surface area (Å²) in [6.45, 7) is 3.39. The Morgan fingerprint density at radius 1 is 1.28 bits per heavy atom. The number of anilines is 1. The first kappa shape index (κ1) is 19.6. The maximum Gasteiger partial charge on any atom is 0.234 e. The monoisotopic (exact) mass is 380 g/mol. The standard InChI is InChI=1S/C18H21ClN2O3S/c1-2-23-9-10-24-18-15(19)6-3-7-16(18)21-17(22)13-25-12-14-5-4-8-20-11-14/h3-8,11H,2,9-10,12-13H2,1H3,(H,21,22). The number of amides is 1. The van der Waals surface area contributed by atoms with Crippen LogP contribution in [-0.4, -0.2) is 36.5 Å². The van der Waals surface area contributed by atoms with Crippen LogP contribution in [0.3, 0.4) is 0 Å². The minimum atomic E-state index is -0.106. The Balaban J connectivity index is 1.85. The quantitative estimate of drug-likeness (QED) is 0.631. The van der Waals surface area contributed by atoms with Gasteiger partial charge in [0.1, 0.15) is 6.61 Å². The van der Waals surface area contributed by atoms with Crippen LogP contribution >= 0.6 is 23.4 Å². The normalized spacial score (nSPS) is 10.5. The van der Waals surface area contributed by atoms with Gasteiger partial charge in [0.05, 0.1) is 23.1 Å². The second-order valence-electron chi connectivity index (χ2n) is 5.06. The van der Waals surface area contributed by atoms with Crippen LogP contribution in [0.1, 0.15) is 12.5 Å². The van der Waals surface area contributed by atoms with E-state index >= 15 is 0 Å². The molecule has 1 aromatic heterocycles. The molecule has 0 radical (unpaired) electrons. The molecule has 1 amide bonds. The van der Waals surface area contributed by atoms with Gasteiger partial charge in [-0.05, 0) is 30.7 Å². The highest BCUT2D eigenvalue weighted by Gasteiger charge is 2.11. The second-order valence-corrected chi connectivity index (χ2v) is 6.46. The molecule has 2 aromatic rings. The molecule has 0 unspecified atom stereocenters. The van der Waals surface area contributed by atoms with Crippen molar-refractivity contribution in [1.82, 2.24) is 4.98 Å². The highest BCUT2D eigenvalue weighted by Crippen LogP contribution is 2.33. The van der Waals surface area contributed by atoms with Crippen molar-refractivity contribution in [2.24, 2.45) is 0 Å². The smallest absolute Gasteiger partial charge is 0.234 e. The fourth-order valence-corrected chi connectivity index (χ4v) is 3.03. The Hall–Kier alpha value is -1.76. The molecular weight excluding hydrogens is 360 g/mol. The second kappa shape index (κ2) is 11.0. The average Bonchev–Trinajstić information content (AvgIpc) is 2.61. The molecule has 2 rings (SSSR count). The number of rotatable bonds is 10. The molecule has 5 nitrogen and oxygen atoms in total. The lowest BCUT2D eigenvalue weighted by Crippen LogP contribution is -2.16. The molecule has 0 aliphatic heterocycles. The summed E-state index contributed by atoms with van der Waals surface area (Å²) < 4.78 is 10.9. The summed E-state index contributed by atoms with van der Waals surface area (Å²) in [5.74, 6) is 1.43. The van der Waals surface area contributed by atoms with Crippen LogP contribution in [0.5, 0.6) is 5.75 Å². The zero-order valence-corrected chi connectivity index (χ0v) is 15.6. The number of ether oxygens (including phenoxy) is 2. The Morgan fingerprint density at radius 3 is 2.92 bits per heavy atom. The first-order valence-electron chi connectivity index (χ1n) is 7.96. The minimum absolute atomic E-state index is 0.106. The summed E-state index contributed by atoms with van der Waals surface area (Å²) in [6, 6.07) is 9.14. The van der Waals surface area contributed by atoms with E-state index in [2.05, 4.69) is 10.3 Å². The number of nitrogens with zero attached hydrogens (tertiary/aromatic N) is 1. The number of carbonyl (C=O) groups is 1. The molecule has 0 spiro atoms. The van der Waals surface area contributed by atoms with Crippen molar-refractivity contribution in [1.29, 1.82) is 0 Å². The number of hydrogen-bond acceptors (Lipinski definition) is 5. The third-order valence-corrected chi connectivity index (χ3v) is 4.45. The molecule has 1 aromatic carbocycles. The maximum atomic E-state index is 12.2. The van der Waals surface area contributed by atoms with Crippen molar-refractivity contribution < 1.29 is 14.3 Å². The SMILES string of the molecule is CCOCCOc1c(Cl)cccc1NC(=O)CSCc1cccnc1. The lowest BCUT2D eigenvalue weighted by atomic mass is 10.3. The number of halogens is 1. The molecule has 25 heavy (non-hydrogen) atoms. The van der Waals surface area contributed by atoms with Gasteiger partial charge in [0.2, 0.25) is 5.91 Å². The van der Waals surface area contributed by atoms with E-state index < -0.39 is 0 Å². The van der Waals surface area contributed by atoms with E-state index in [-0.39, 0.29) is 5.91 Å². The third kappa shape index (κ3) is 6.94. The van der Waals surface area contributed by atoms with Gasteiger partial charge < -0.3 is 14.8 Å². The number of hydrogen-bond donors (Lipinski definition) is 1. The predicted molar refractivity (Wildman–Crippen MR) is 102 cm³/mol. The summed E-state index contributed by atoms with van der Waals surface area (Å²) in [6.07, 6.45) is 3.53. The summed E-state index contributed by atoms with van der Waals surface area (Å²) in [7, 11) is 0. The summed E-state index contributed by atoms with van der Waals surface area (Å²) in [4.78, 5) is 16.2. The third-order valence-electron chi connectivity index (χ3n) is 3.14. The average molecular weight is 381 g/mol. The first-order chi connectivity index (χ1) is 12.2. The number of thioether (sulfide) groups is 1. The maximum absolute atomic E-state index is 12.2. The van der Waals surface area contributed by atoms with Crippen molar-refractivity contribution in [2.75, 3.05) is 30.9 Å². The Labute approximate surface area is 157 Å². The molecule has 1 heterocycles. The van der Waals surface area contributed by atoms with Gasteiger partial charge in [-0.15, -0.1) is 11.8 Å².